The van der Waals surface area contributed by atoms with Crippen LogP contribution in [0.4, 0.5) is 0 Å². The standard InChI is InChI=1S/C11H13BrClN/c12-9-1-2-10(13)8(5-9)6-11(7-14)3-4-11/h1-2,5H,3-4,6-7,14H2. The smallest absolute Gasteiger partial charge is 0.0438 e. The van der Waals surface area contributed by atoms with Crippen molar-refractivity contribution in [1.29, 1.82) is 0 Å². The summed E-state index contributed by atoms with van der Waals surface area (Å²) in [6.07, 6.45) is 3.50. The van der Waals surface area contributed by atoms with Crippen LogP contribution in [0.3, 0.4) is 0 Å². The second-order valence-electron chi connectivity index (χ2n) is 4.12. The fourth-order valence-corrected chi connectivity index (χ4v) is 2.31. The highest BCUT2D eigenvalue weighted by atomic mass is 79.9. The fraction of sp³-hybridized carbons (Fsp3) is 0.455. The molecule has 0 radical (unpaired) electrons. The van der Waals surface area contributed by atoms with Crippen molar-refractivity contribution in [3.05, 3.63) is 33.3 Å². The van der Waals surface area contributed by atoms with Crippen LogP contribution in [0.1, 0.15) is 18.4 Å². The van der Waals surface area contributed by atoms with E-state index in [4.69, 9.17) is 17.3 Å². The van der Waals surface area contributed by atoms with Crippen molar-refractivity contribution >= 4 is 27.5 Å². The lowest BCUT2D eigenvalue weighted by Gasteiger charge is -2.13. The lowest BCUT2D eigenvalue weighted by molar-refractivity contribution is 0.521. The second-order valence-corrected chi connectivity index (χ2v) is 5.44. The Bertz CT molecular complexity index is 347. The first kappa shape index (κ1) is 10.5. The molecule has 76 valence electrons. The molecular weight excluding hydrogens is 261 g/mol. The molecule has 0 aromatic heterocycles. The Morgan fingerprint density at radius 2 is 2.14 bits per heavy atom. The van der Waals surface area contributed by atoms with Crippen LogP contribution in [0.25, 0.3) is 0 Å². The van der Waals surface area contributed by atoms with Gasteiger partial charge in [-0.25, -0.2) is 0 Å². The fourth-order valence-electron chi connectivity index (χ4n) is 1.71. The monoisotopic (exact) mass is 273 g/mol. The molecule has 0 amide bonds. The molecule has 3 heteroatoms. The number of rotatable bonds is 3. The van der Waals surface area contributed by atoms with E-state index in [-0.39, 0.29) is 0 Å². The van der Waals surface area contributed by atoms with Crippen molar-refractivity contribution in [1.82, 2.24) is 0 Å². The Morgan fingerprint density at radius 3 is 2.71 bits per heavy atom. The van der Waals surface area contributed by atoms with Gasteiger partial charge in [0.2, 0.25) is 0 Å². The van der Waals surface area contributed by atoms with Crippen molar-refractivity contribution in [3.8, 4) is 0 Å². The van der Waals surface area contributed by atoms with Crippen molar-refractivity contribution in [2.75, 3.05) is 6.54 Å². The van der Waals surface area contributed by atoms with Gasteiger partial charge in [-0.2, -0.15) is 0 Å². The average Bonchev–Trinajstić information content (AvgIpc) is 2.92. The van der Waals surface area contributed by atoms with Gasteiger partial charge in [0.15, 0.2) is 0 Å². The van der Waals surface area contributed by atoms with Crippen LogP contribution >= 0.6 is 27.5 Å². The lowest BCUT2D eigenvalue weighted by atomic mass is 9.97. The van der Waals surface area contributed by atoms with Crippen molar-refractivity contribution in [3.63, 3.8) is 0 Å². The maximum atomic E-state index is 6.13. The molecule has 0 bridgehead atoms. The molecule has 1 aliphatic carbocycles. The molecule has 1 nitrogen and oxygen atoms in total. The quantitative estimate of drug-likeness (QED) is 0.898. The van der Waals surface area contributed by atoms with E-state index < -0.39 is 0 Å². The van der Waals surface area contributed by atoms with E-state index in [2.05, 4.69) is 22.0 Å². The maximum absolute atomic E-state index is 6.13. The highest BCUT2D eigenvalue weighted by Crippen LogP contribution is 2.48. The Balaban J connectivity index is 2.20. The molecule has 2 rings (SSSR count). The zero-order valence-corrected chi connectivity index (χ0v) is 10.2. The Labute approximate surface area is 97.8 Å². The SMILES string of the molecule is NCC1(Cc2cc(Br)ccc2Cl)CC1. The molecule has 1 aromatic rings. The first-order valence-corrected chi connectivity index (χ1v) is 5.96. The molecule has 1 saturated carbocycles. The number of halogens is 2. The van der Waals surface area contributed by atoms with E-state index in [9.17, 15) is 0 Å². The van der Waals surface area contributed by atoms with Crippen LogP contribution < -0.4 is 5.73 Å². The van der Waals surface area contributed by atoms with Crippen molar-refractivity contribution in [2.24, 2.45) is 11.1 Å². The minimum Gasteiger partial charge on any atom is -0.330 e. The summed E-state index contributed by atoms with van der Waals surface area (Å²) in [5.74, 6) is 0. The summed E-state index contributed by atoms with van der Waals surface area (Å²) >= 11 is 9.58. The van der Waals surface area contributed by atoms with E-state index in [0.29, 0.717) is 5.41 Å². The maximum Gasteiger partial charge on any atom is 0.0438 e. The summed E-state index contributed by atoms with van der Waals surface area (Å²) in [6.45, 7) is 0.774. The predicted octanol–water partition coefficient (Wildman–Crippen LogP) is 3.38. The van der Waals surface area contributed by atoms with Gasteiger partial charge in [0.1, 0.15) is 0 Å². The van der Waals surface area contributed by atoms with Gasteiger partial charge in [0.25, 0.3) is 0 Å². The Hall–Kier alpha value is -0.0500. The summed E-state index contributed by atoms with van der Waals surface area (Å²) in [5, 5.41) is 0.855. The van der Waals surface area contributed by atoms with Crippen LogP contribution in [0.5, 0.6) is 0 Å². The van der Waals surface area contributed by atoms with Crippen LogP contribution in [-0.2, 0) is 6.42 Å². The molecule has 0 aliphatic heterocycles. The van der Waals surface area contributed by atoms with Gasteiger partial charge >= 0.3 is 0 Å². The van der Waals surface area contributed by atoms with E-state index in [1.165, 1.54) is 18.4 Å². The molecule has 0 unspecified atom stereocenters. The van der Waals surface area contributed by atoms with Crippen molar-refractivity contribution < 1.29 is 0 Å². The van der Waals surface area contributed by atoms with Crippen LogP contribution in [0, 0.1) is 5.41 Å². The molecule has 0 saturated heterocycles. The van der Waals surface area contributed by atoms with E-state index in [1.54, 1.807) is 0 Å². The first-order valence-electron chi connectivity index (χ1n) is 4.79. The second kappa shape index (κ2) is 3.84. The third kappa shape index (κ3) is 2.13. The third-order valence-corrected chi connectivity index (χ3v) is 3.83. The average molecular weight is 275 g/mol. The number of benzene rings is 1. The van der Waals surface area contributed by atoms with Crippen LogP contribution in [0.2, 0.25) is 5.02 Å². The van der Waals surface area contributed by atoms with E-state index >= 15 is 0 Å². The molecule has 14 heavy (non-hydrogen) atoms. The summed E-state index contributed by atoms with van der Waals surface area (Å²) < 4.78 is 1.09. The summed E-state index contributed by atoms with van der Waals surface area (Å²) in [4.78, 5) is 0. The van der Waals surface area contributed by atoms with Gasteiger partial charge in [0.05, 0.1) is 0 Å². The summed E-state index contributed by atoms with van der Waals surface area (Å²) in [7, 11) is 0. The van der Waals surface area contributed by atoms with Crippen molar-refractivity contribution in [2.45, 2.75) is 19.3 Å². The van der Waals surface area contributed by atoms with Crippen LogP contribution in [0.15, 0.2) is 22.7 Å². The highest BCUT2D eigenvalue weighted by Gasteiger charge is 2.41. The molecule has 0 atom stereocenters. The molecule has 0 spiro atoms. The predicted molar refractivity (Wildman–Crippen MR) is 63.6 cm³/mol. The lowest BCUT2D eigenvalue weighted by Crippen LogP contribution is -2.18. The van der Waals surface area contributed by atoms with Gasteiger partial charge in [-0.1, -0.05) is 27.5 Å². The van der Waals surface area contributed by atoms with Crippen LogP contribution in [-0.4, -0.2) is 6.54 Å². The minimum absolute atomic E-state index is 0.352. The summed E-state index contributed by atoms with van der Waals surface area (Å²) in [6, 6.07) is 6.00. The van der Waals surface area contributed by atoms with Gasteiger partial charge in [-0.15, -0.1) is 0 Å². The Kier molecular flexibility index (Phi) is 2.87. The van der Waals surface area contributed by atoms with E-state index in [1.807, 2.05) is 12.1 Å². The topological polar surface area (TPSA) is 26.0 Å². The normalized spacial score (nSPS) is 18.2. The highest BCUT2D eigenvalue weighted by molar-refractivity contribution is 9.10. The molecular formula is C11H13BrClN. The van der Waals surface area contributed by atoms with Gasteiger partial charge in [-0.3, -0.25) is 0 Å². The summed E-state index contributed by atoms with van der Waals surface area (Å²) in [5.41, 5.74) is 7.31. The number of hydrogen-bond donors (Lipinski definition) is 1. The third-order valence-electron chi connectivity index (χ3n) is 2.96. The Morgan fingerprint density at radius 1 is 1.43 bits per heavy atom. The molecule has 1 aromatic carbocycles. The minimum atomic E-state index is 0.352. The zero-order chi connectivity index (χ0) is 10.2. The van der Waals surface area contributed by atoms with Gasteiger partial charge in [-0.05, 0) is 55.0 Å². The van der Waals surface area contributed by atoms with Gasteiger partial charge < -0.3 is 5.73 Å². The van der Waals surface area contributed by atoms with E-state index in [0.717, 1.165) is 22.5 Å². The molecule has 2 N–H and O–H groups in total. The zero-order valence-electron chi connectivity index (χ0n) is 7.89. The number of nitrogens with two attached hydrogens (primary N) is 1. The van der Waals surface area contributed by atoms with Gasteiger partial charge in [0, 0.05) is 9.50 Å². The molecule has 1 aliphatic rings. The number of hydrogen-bond acceptors (Lipinski definition) is 1. The first-order chi connectivity index (χ1) is 6.65. The largest absolute Gasteiger partial charge is 0.330 e. The molecule has 1 fully saturated rings. The molecule has 0 heterocycles.